The summed E-state index contributed by atoms with van der Waals surface area (Å²) in [6.07, 6.45) is 2.07. The highest BCUT2D eigenvalue weighted by molar-refractivity contribution is 14.1. The molecule has 0 aliphatic rings. The van der Waals surface area contributed by atoms with E-state index in [1.807, 2.05) is 32.9 Å². The summed E-state index contributed by atoms with van der Waals surface area (Å²) in [7, 11) is 0. The third kappa shape index (κ3) is 4.17. The number of ether oxygens (including phenoxy) is 1. The molecule has 0 amide bonds. The first-order valence-corrected chi connectivity index (χ1v) is 9.63. The molecule has 0 bridgehead atoms. The van der Waals surface area contributed by atoms with Gasteiger partial charge in [-0.25, -0.2) is 9.18 Å². The van der Waals surface area contributed by atoms with Crippen LogP contribution in [0.2, 0.25) is 0 Å². The summed E-state index contributed by atoms with van der Waals surface area (Å²) < 4.78 is 25.8. The highest BCUT2D eigenvalue weighted by atomic mass is 127. The van der Waals surface area contributed by atoms with Gasteiger partial charge in [0.2, 0.25) is 0 Å². The Morgan fingerprint density at radius 3 is 2.72 bits per heavy atom. The Kier molecular flexibility index (Phi) is 5.11. The van der Waals surface area contributed by atoms with Crippen LogP contribution in [0.1, 0.15) is 42.3 Å². The lowest BCUT2D eigenvalue weighted by atomic mass is 9.98. The minimum Gasteiger partial charge on any atom is -0.456 e. The van der Waals surface area contributed by atoms with Crippen molar-refractivity contribution in [2.45, 2.75) is 32.8 Å². The van der Waals surface area contributed by atoms with Crippen molar-refractivity contribution in [1.29, 1.82) is 0 Å². The van der Waals surface area contributed by atoms with E-state index in [9.17, 15) is 9.18 Å². The molecule has 0 radical (unpaired) electrons. The Hall–Kier alpha value is -1.54. The molecule has 3 aromatic rings. The first kappa shape index (κ1) is 18.3. The van der Waals surface area contributed by atoms with Gasteiger partial charge in [0.05, 0.1) is 10.3 Å². The summed E-state index contributed by atoms with van der Waals surface area (Å²) in [6, 6.07) is 8.71. The van der Waals surface area contributed by atoms with E-state index in [1.54, 1.807) is 18.3 Å². The third-order valence-corrected chi connectivity index (χ3v) is 5.17. The molecular formula is C19H17FINO2S. The van der Waals surface area contributed by atoms with Crippen LogP contribution in [0.15, 0.2) is 36.5 Å². The maximum Gasteiger partial charge on any atom is 0.338 e. The zero-order valence-corrected chi connectivity index (χ0v) is 17.1. The lowest BCUT2D eigenvalue weighted by Crippen LogP contribution is -2.24. The third-order valence-electron chi connectivity index (χ3n) is 3.63. The lowest BCUT2D eigenvalue weighted by molar-refractivity contribution is 0.00687. The highest BCUT2D eigenvalue weighted by Gasteiger charge is 2.23. The highest BCUT2D eigenvalue weighted by Crippen LogP contribution is 2.30. The van der Waals surface area contributed by atoms with Crippen LogP contribution in [0.25, 0.3) is 10.1 Å². The molecule has 25 heavy (non-hydrogen) atoms. The first-order chi connectivity index (χ1) is 11.7. The number of carbonyl (C=O) groups is 1. The molecule has 0 fully saturated rings. The Morgan fingerprint density at radius 2 is 2.04 bits per heavy atom. The van der Waals surface area contributed by atoms with Gasteiger partial charge in [0.25, 0.3) is 0 Å². The van der Waals surface area contributed by atoms with Gasteiger partial charge in [-0.2, -0.15) is 4.37 Å². The average molecular weight is 469 g/mol. The Morgan fingerprint density at radius 1 is 1.28 bits per heavy atom. The molecule has 1 aromatic heterocycles. The van der Waals surface area contributed by atoms with Crippen LogP contribution in [0.3, 0.4) is 0 Å². The predicted molar refractivity (Wildman–Crippen MR) is 107 cm³/mol. The molecule has 2 aromatic carbocycles. The van der Waals surface area contributed by atoms with E-state index in [-0.39, 0.29) is 5.82 Å². The lowest BCUT2D eigenvalue weighted by Gasteiger charge is -2.21. The second-order valence-corrected chi connectivity index (χ2v) is 8.80. The number of halogens is 2. The monoisotopic (exact) mass is 469 g/mol. The van der Waals surface area contributed by atoms with Crippen LogP contribution in [0, 0.1) is 9.39 Å². The Balaban J connectivity index is 2.09. The fourth-order valence-corrected chi connectivity index (χ4v) is 3.79. The number of fused-ring (bicyclic) bond motifs is 1. The normalized spacial score (nSPS) is 11.7. The van der Waals surface area contributed by atoms with Crippen molar-refractivity contribution in [2.75, 3.05) is 0 Å². The van der Waals surface area contributed by atoms with Gasteiger partial charge in [-0.15, -0.1) is 0 Å². The molecule has 0 aliphatic heterocycles. The number of esters is 1. The number of hydrogen-bond acceptors (Lipinski definition) is 4. The molecule has 1 heterocycles. The van der Waals surface area contributed by atoms with Crippen molar-refractivity contribution in [3.63, 3.8) is 0 Å². The van der Waals surface area contributed by atoms with Crippen LogP contribution in [-0.4, -0.2) is 15.9 Å². The molecule has 0 N–H and O–H groups in total. The minimum absolute atomic E-state index is 0.274. The number of hydrogen-bond donors (Lipinski definition) is 0. The van der Waals surface area contributed by atoms with Gasteiger partial charge in [-0.1, -0.05) is 12.1 Å². The summed E-state index contributed by atoms with van der Waals surface area (Å²) in [5.41, 5.74) is 1.18. The zero-order valence-electron chi connectivity index (χ0n) is 14.1. The number of rotatable bonds is 3. The Bertz CT molecular complexity index is 946. The molecule has 6 heteroatoms. The van der Waals surface area contributed by atoms with Crippen molar-refractivity contribution in [3.05, 3.63) is 62.6 Å². The van der Waals surface area contributed by atoms with Crippen molar-refractivity contribution < 1.29 is 13.9 Å². The predicted octanol–water partition coefficient (Wildman–Crippen LogP) is 5.59. The standard InChI is InChI=1S/C19H17FINO2S/c1-19(2,3)24-18(23)14-7-5-12-10-22-25-17(12)15(14)8-11-4-6-13(21)9-16(11)20/h4-7,9-10H,8H2,1-3H3. The van der Waals surface area contributed by atoms with Crippen molar-refractivity contribution >= 4 is 50.2 Å². The maximum absolute atomic E-state index is 14.3. The van der Waals surface area contributed by atoms with Crippen molar-refractivity contribution in [3.8, 4) is 0 Å². The van der Waals surface area contributed by atoms with E-state index < -0.39 is 11.6 Å². The smallest absolute Gasteiger partial charge is 0.338 e. The molecule has 0 atom stereocenters. The number of nitrogens with zero attached hydrogens (tertiary/aromatic N) is 1. The van der Waals surface area contributed by atoms with Crippen molar-refractivity contribution in [1.82, 2.24) is 4.37 Å². The summed E-state index contributed by atoms with van der Waals surface area (Å²) in [6.45, 7) is 5.48. The van der Waals surface area contributed by atoms with E-state index in [4.69, 9.17) is 4.74 Å². The first-order valence-electron chi connectivity index (χ1n) is 7.78. The quantitative estimate of drug-likeness (QED) is 0.371. The Labute approximate surface area is 163 Å². The van der Waals surface area contributed by atoms with E-state index in [0.717, 1.165) is 19.2 Å². The van der Waals surface area contributed by atoms with Crippen LogP contribution in [0.4, 0.5) is 4.39 Å². The molecular weight excluding hydrogens is 452 g/mol. The van der Waals surface area contributed by atoms with Crippen LogP contribution in [0.5, 0.6) is 0 Å². The summed E-state index contributed by atoms with van der Waals surface area (Å²) in [5, 5.41) is 0.943. The SMILES string of the molecule is CC(C)(C)OC(=O)c1ccc2cnsc2c1Cc1ccc(I)cc1F. The molecule has 3 nitrogen and oxygen atoms in total. The number of carbonyl (C=O) groups excluding carboxylic acids is 1. The van der Waals surface area contributed by atoms with E-state index in [1.165, 1.54) is 17.6 Å². The number of aromatic nitrogens is 1. The summed E-state index contributed by atoms with van der Waals surface area (Å²) in [5.74, 6) is -0.674. The molecule has 0 aliphatic carbocycles. The van der Waals surface area contributed by atoms with E-state index in [2.05, 4.69) is 27.0 Å². The van der Waals surface area contributed by atoms with E-state index >= 15 is 0 Å². The fourth-order valence-electron chi connectivity index (χ4n) is 2.55. The molecule has 3 rings (SSSR count). The van der Waals surface area contributed by atoms with Gasteiger partial charge < -0.3 is 4.74 Å². The van der Waals surface area contributed by atoms with Crippen LogP contribution in [-0.2, 0) is 11.2 Å². The van der Waals surface area contributed by atoms with Gasteiger partial charge in [-0.3, -0.25) is 0 Å². The van der Waals surface area contributed by atoms with Gasteiger partial charge in [0, 0.05) is 21.6 Å². The molecule has 0 unspecified atom stereocenters. The van der Waals surface area contributed by atoms with Crippen LogP contribution >= 0.6 is 34.1 Å². The molecule has 0 saturated carbocycles. The summed E-state index contributed by atoms with van der Waals surface area (Å²) >= 11 is 3.39. The topological polar surface area (TPSA) is 39.2 Å². The molecule has 0 saturated heterocycles. The molecule has 130 valence electrons. The largest absolute Gasteiger partial charge is 0.456 e. The fraction of sp³-hybridized carbons (Fsp3) is 0.263. The maximum atomic E-state index is 14.3. The zero-order chi connectivity index (χ0) is 18.2. The van der Waals surface area contributed by atoms with Gasteiger partial charge in [-0.05, 0) is 84.2 Å². The van der Waals surface area contributed by atoms with Gasteiger partial charge >= 0.3 is 5.97 Å². The van der Waals surface area contributed by atoms with Crippen LogP contribution < -0.4 is 0 Å². The molecule has 0 spiro atoms. The second kappa shape index (κ2) is 6.99. The van der Waals surface area contributed by atoms with Crippen molar-refractivity contribution in [2.24, 2.45) is 0 Å². The van der Waals surface area contributed by atoms with E-state index in [0.29, 0.717) is 17.5 Å². The second-order valence-electron chi connectivity index (χ2n) is 6.75. The number of benzene rings is 2. The average Bonchev–Trinajstić information content (AvgIpc) is 2.97. The van der Waals surface area contributed by atoms with Gasteiger partial charge in [0.15, 0.2) is 0 Å². The summed E-state index contributed by atoms with van der Waals surface area (Å²) in [4.78, 5) is 12.6. The minimum atomic E-state index is -0.592. The van der Waals surface area contributed by atoms with Gasteiger partial charge in [0.1, 0.15) is 11.4 Å².